The molecule has 1 aromatic rings. The fraction of sp³-hybridized carbons (Fsp3) is 0.571. The third-order valence-corrected chi connectivity index (χ3v) is 3.94. The third kappa shape index (κ3) is 3.37. The topological polar surface area (TPSA) is 49.5 Å². The average Bonchev–Trinajstić information content (AvgIpc) is 2.87. The van der Waals surface area contributed by atoms with Gasteiger partial charge in [0.25, 0.3) is 0 Å². The van der Waals surface area contributed by atoms with Crippen LogP contribution in [0.2, 0.25) is 5.02 Å². The van der Waals surface area contributed by atoms with Gasteiger partial charge in [-0.1, -0.05) is 24.4 Å². The Hall–Kier alpha value is -0.770. The quantitative estimate of drug-likeness (QED) is 0.808. The van der Waals surface area contributed by atoms with Crippen LogP contribution in [0.5, 0.6) is 0 Å². The van der Waals surface area contributed by atoms with Crippen molar-refractivity contribution in [1.82, 2.24) is 4.90 Å². The molecule has 1 aliphatic carbocycles. The van der Waals surface area contributed by atoms with Crippen LogP contribution in [-0.4, -0.2) is 29.2 Å². The summed E-state index contributed by atoms with van der Waals surface area (Å²) < 4.78 is 0. The molecule has 0 spiro atoms. The summed E-state index contributed by atoms with van der Waals surface area (Å²) >= 11 is 6.01. The van der Waals surface area contributed by atoms with Gasteiger partial charge in [0.1, 0.15) is 0 Å². The first-order chi connectivity index (χ1) is 8.70. The zero-order valence-electron chi connectivity index (χ0n) is 10.6. The Morgan fingerprint density at radius 2 is 2.06 bits per heavy atom. The normalized spacial score (nSPS) is 16.6. The van der Waals surface area contributed by atoms with E-state index < -0.39 is 0 Å². The van der Waals surface area contributed by atoms with Crippen LogP contribution in [0, 0.1) is 0 Å². The molecular weight excluding hydrogens is 248 g/mol. The first-order valence-corrected chi connectivity index (χ1v) is 6.97. The Bertz CT molecular complexity index is 391. The van der Waals surface area contributed by atoms with Crippen LogP contribution in [-0.2, 0) is 6.54 Å². The van der Waals surface area contributed by atoms with Crippen LogP contribution in [0.3, 0.4) is 0 Å². The predicted molar refractivity (Wildman–Crippen MR) is 75.6 cm³/mol. The number of aliphatic hydroxyl groups is 1. The van der Waals surface area contributed by atoms with Gasteiger partial charge in [-0.2, -0.15) is 0 Å². The van der Waals surface area contributed by atoms with E-state index in [9.17, 15) is 5.11 Å². The minimum atomic E-state index is 0.191. The summed E-state index contributed by atoms with van der Waals surface area (Å²) in [6, 6.07) is 6.17. The van der Waals surface area contributed by atoms with E-state index in [1.54, 1.807) is 0 Å². The molecule has 1 fully saturated rings. The molecule has 0 aliphatic heterocycles. The molecule has 1 aliphatic rings. The van der Waals surface area contributed by atoms with Crippen LogP contribution < -0.4 is 5.73 Å². The number of anilines is 1. The number of aliphatic hydroxyl groups excluding tert-OH is 1. The van der Waals surface area contributed by atoms with E-state index in [-0.39, 0.29) is 6.61 Å². The predicted octanol–water partition coefficient (Wildman–Crippen LogP) is 2.66. The maximum atomic E-state index is 9.20. The summed E-state index contributed by atoms with van der Waals surface area (Å²) in [6.07, 6.45) is 5.02. The van der Waals surface area contributed by atoms with Crippen molar-refractivity contribution in [3.63, 3.8) is 0 Å². The van der Waals surface area contributed by atoms with Crippen molar-refractivity contribution < 1.29 is 5.11 Å². The van der Waals surface area contributed by atoms with Gasteiger partial charge in [0.2, 0.25) is 0 Å². The van der Waals surface area contributed by atoms with Crippen molar-refractivity contribution in [3.8, 4) is 0 Å². The van der Waals surface area contributed by atoms with Crippen LogP contribution in [0.25, 0.3) is 0 Å². The monoisotopic (exact) mass is 268 g/mol. The maximum Gasteiger partial charge on any atom is 0.0558 e. The van der Waals surface area contributed by atoms with Gasteiger partial charge in [-0.3, -0.25) is 4.90 Å². The fourth-order valence-corrected chi connectivity index (χ4v) is 2.91. The van der Waals surface area contributed by atoms with Crippen molar-refractivity contribution in [2.24, 2.45) is 0 Å². The maximum absolute atomic E-state index is 9.20. The van der Waals surface area contributed by atoms with Gasteiger partial charge in [0, 0.05) is 29.8 Å². The number of rotatable bonds is 5. The van der Waals surface area contributed by atoms with Gasteiger partial charge in [0.15, 0.2) is 0 Å². The summed E-state index contributed by atoms with van der Waals surface area (Å²) in [7, 11) is 0. The van der Waals surface area contributed by atoms with Gasteiger partial charge >= 0.3 is 0 Å². The third-order valence-electron chi connectivity index (χ3n) is 3.71. The molecule has 4 heteroatoms. The molecule has 0 atom stereocenters. The molecule has 18 heavy (non-hydrogen) atoms. The smallest absolute Gasteiger partial charge is 0.0558 e. The van der Waals surface area contributed by atoms with Gasteiger partial charge in [-0.05, 0) is 36.6 Å². The molecule has 3 N–H and O–H groups in total. The van der Waals surface area contributed by atoms with Gasteiger partial charge < -0.3 is 10.8 Å². The Kier molecular flexibility index (Phi) is 4.87. The highest BCUT2D eigenvalue weighted by molar-refractivity contribution is 6.30. The van der Waals surface area contributed by atoms with Crippen molar-refractivity contribution in [2.45, 2.75) is 38.3 Å². The van der Waals surface area contributed by atoms with Crippen molar-refractivity contribution in [2.75, 3.05) is 18.9 Å². The first kappa shape index (κ1) is 13.7. The summed E-state index contributed by atoms with van der Waals surface area (Å²) in [4.78, 5) is 2.33. The molecule has 100 valence electrons. The molecule has 0 saturated heterocycles. The molecule has 0 bridgehead atoms. The van der Waals surface area contributed by atoms with Gasteiger partial charge in [-0.15, -0.1) is 0 Å². The SMILES string of the molecule is Nc1ccc(Cl)cc1CN(CCO)C1CCCC1. The number of hydrogen-bond acceptors (Lipinski definition) is 3. The number of nitrogens with zero attached hydrogens (tertiary/aromatic N) is 1. The largest absolute Gasteiger partial charge is 0.398 e. The van der Waals surface area contributed by atoms with Crippen molar-refractivity contribution in [3.05, 3.63) is 28.8 Å². The highest BCUT2D eigenvalue weighted by Crippen LogP contribution is 2.26. The molecule has 0 radical (unpaired) electrons. The molecule has 1 aromatic carbocycles. The highest BCUT2D eigenvalue weighted by atomic mass is 35.5. The molecule has 3 nitrogen and oxygen atoms in total. The van der Waals surface area contributed by atoms with Crippen molar-refractivity contribution in [1.29, 1.82) is 0 Å². The highest BCUT2D eigenvalue weighted by Gasteiger charge is 2.22. The summed E-state index contributed by atoms with van der Waals surface area (Å²) in [6.45, 7) is 1.67. The lowest BCUT2D eigenvalue weighted by atomic mass is 10.1. The number of halogens is 1. The van der Waals surface area contributed by atoms with E-state index in [1.807, 2.05) is 18.2 Å². The Morgan fingerprint density at radius 3 is 2.72 bits per heavy atom. The molecule has 0 heterocycles. The lowest BCUT2D eigenvalue weighted by Crippen LogP contribution is -2.35. The van der Waals surface area contributed by atoms with E-state index in [4.69, 9.17) is 17.3 Å². The minimum absolute atomic E-state index is 0.191. The second kappa shape index (κ2) is 6.41. The van der Waals surface area contributed by atoms with E-state index in [0.29, 0.717) is 12.6 Å². The zero-order valence-corrected chi connectivity index (χ0v) is 11.4. The summed E-state index contributed by atoms with van der Waals surface area (Å²) in [5.41, 5.74) is 7.82. The van der Waals surface area contributed by atoms with Crippen molar-refractivity contribution >= 4 is 17.3 Å². The van der Waals surface area contributed by atoms with Gasteiger partial charge in [0.05, 0.1) is 6.61 Å². The average molecular weight is 269 g/mol. The Morgan fingerprint density at radius 1 is 1.33 bits per heavy atom. The first-order valence-electron chi connectivity index (χ1n) is 6.59. The minimum Gasteiger partial charge on any atom is -0.398 e. The standard InChI is InChI=1S/C14H21ClN2O/c15-12-5-6-14(16)11(9-12)10-17(7-8-18)13-3-1-2-4-13/h5-6,9,13,18H,1-4,7-8,10,16H2. The van der Waals surface area contributed by atoms with E-state index in [1.165, 1.54) is 25.7 Å². The lowest BCUT2D eigenvalue weighted by molar-refractivity contribution is 0.145. The van der Waals surface area contributed by atoms with E-state index in [2.05, 4.69) is 4.90 Å². The Labute approximate surface area is 114 Å². The Balaban J connectivity index is 2.09. The van der Waals surface area contributed by atoms with Crippen LogP contribution >= 0.6 is 11.6 Å². The fourth-order valence-electron chi connectivity index (χ4n) is 2.72. The second-order valence-corrected chi connectivity index (χ2v) is 5.41. The second-order valence-electron chi connectivity index (χ2n) is 4.98. The molecule has 0 aromatic heterocycles. The number of hydrogen-bond donors (Lipinski definition) is 2. The number of nitrogen functional groups attached to an aromatic ring is 1. The number of benzene rings is 1. The zero-order chi connectivity index (χ0) is 13.0. The van der Waals surface area contributed by atoms with Crippen LogP contribution in [0.1, 0.15) is 31.2 Å². The summed E-state index contributed by atoms with van der Waals surface area (Å²) in [5.74, 6) is 0. The molecule has 0 amide bonds. The van der Waals surface area contributed by atoms with Gasteiger partial charge in [-0.25, -0.2) is 0 Å². The lowest BCUT2D eigenvalue weighted by Gasteiger charge is -2.28. The molecular formula is C14H21ClN2O. The number of nitrogens with two attached hydrogens (primary N) is 1. The van der Waals surface area contributed by atoms with Crippen LogP contribution in [0.15, 0.2) is 18.2 Å². The van der Waals surface area contributed by atoms with E-state index >= 15 is 0 Å². The van der Waals surface area contributed by atoms with Crippen LogP contribution in [0.4, 0.5) is 5.69 Å². The molecule has 1 saturated carbocycles. The molecule has 2 rings (SSSR count). The summed E-state index contributed by atoms with van der Waals surface area (Å²) in [5, 5.41) is 9.92. The van der Waals surface area contributed by atoms with E-state index in [0.717, 1.165) is 22.8 Å². The molecule has 0 unspecified atom stereocenters.